The lowest BCUT2D eigenvalue weighted by atomic mass is 10.0. The van der Waals surface area contributed by atoms with Crippen molar-refractivity contribution in [1.82, 2.24) is 0 Å². The highest BCUT2D eigenvalue weighted by atomic mass is 16.6. The van der Waals surface area contributed by atoms with Gasteiger partial charge in [0.05, 0.1) is 0 Å². The lowest BCUT2D eigenvalue weighted by molar-refractivity contribution is -0.167. The standard InChI is InChI=1S/C76H134O6/c1-4-7-10-13-16-19-21-23-25-27-29-31-33-35-37-38-40-41-43-45-47-49-51-53-55-57-60-63-66-69-75(78)81-72-73(71-80-74(77)68-65-62-59-18-15-12-9-6-3)82-76(79)70-67-64-61-58-56-54-52-50-48-46-44-42-39-36-34-32-30-28-26-24-22-20-17-14-11-8-5-2/h8,11,17,20-21,23-24,26-27,29-30,32,36,39,73H,4-7,9-10,12-16,18-19,22,25,28,31,33-35,37-38,40-72H2,1-3H3/b11-8-,20-17-,23-21-,26-24-,29-27-,32-30-,39-36-. The van der Waals surface area contributed by atoms with Crippen molar-refractivity contribution in [2.75, 3.05) is 13.2 Å². The maximum Gasteiger partial charge on any atom is 0.306 e. The molecule has 0 aliphatic heterocycles. The second kappa shape index (κ2) is 70.1. The maximum absolute atomic E-state index is 12.9. The van der Waals surface area contributed by atoms with Crippen molar-refractivity contribution in [2.24, 2.45) is 0 Å². The van der Waals surface area contributed by atoms with Gasteiger partial charge in [0.25, 0.3) is 0 Å². The first-order valence-corrected chi connectivity index (χ1v) is 35.6. The van der Waals surface area contributed by atoms with Crippen LogP contribution in [0.5, 0.6) is 0 Å². The van der Waals surface area contributed by atoms with Gasteiger partial charge in [-0.05, 0) is 96.3 Å². The molecule has 0 saturated heterocycles. The second-order valence-corrected chi connectivity index (χ2v) is 23.8. The van der Waals surface area contributed by atoms with Crippen LogP contribution in [0.15, 0.2) is 85.1 Å². The number of hydrogen-bond donors (Lipinski definition) is 0. The molecule has 474 valence electrons. The summed E-state index contributed by atoms with van der Waals surface area (Å²) in [6.45, 7) is 6.53. The van der Waals surface area contributed by atoms with Crippen LogP contribution in [0.3, 0.4) is 0 Å². The third kappa shape index (κ3) is 67.4. The fourth-order valence-electron chi connectivity index (χ4n) is 10.3. The van der Waals surface area contributed by atoms with Crippen LogP contribution in [0.1, 0.15) is 361 Å². The van der Waals surface area contributed by atoms with Crippen molar-refractivity contribution in [3.05, 3.63) is 85.1 Å². The number of esters is 3. The Hall–Kier alpha value is -3.41. The minimum atomic E-state index is -0.776. The number of carbonyl (C=O) groups excluding carboxylic acids is 3. The first-order chi connectivity index (χ1) is 40.5. The largest absolute Gasteiger partial charge is 0.462 e. The van der Waals surface area contributed by atoms with E-state index >= 15 is 0 Å². The molecule has 0 aliphatic rings. The van der Waals surface area contributed by atoms with E-state index < -0.39 is 6.10 Å². The summed E-state index contributed by atoms with van der Waals surface area (Å²) in [5, 5.41) is 0. The molecule has 0 fully saturated rings. The molecule has 0 aromatic rings. The van der Waals surface area contributed by atoms with Gasteiger partial charge in [0.15, 0.2) is 6.10 Å². The normalized spacial score (nSPS) is 12.6. The Balaban J connectivity index is 4.10. The Bertz CT molecular complexity index is 1550. The smallest absolute Gasteiger partial charge is 0.306 e. The van der Waals surface area contributed by atoms with Crippen LogP contribution < -0.4 is 0 Å². The van der Waals surface area contributed by atoms with Gasteiger partial charge in [0, 0.05) is 19.3 Å². The summed E-state index contributed by atoms with van der Waals surface area (Å²) in [5.41, 5.74) is 0. The van der Waals surface area contributed by atoms with E-state index in [0.717, 1.165) is 96.3 Å². The molecule has 0 saturated carbocycles. The molecule has 0 N–H and O–H groups in total. The average Bonchev–Trinajstić information content (AvgIpc) is 3.48. The van der Waals surface area contributed by atoms with Crippen molar-refractivity contribution in [1.29, 1.82) is 0 Å². The molecule has 0 rings (SSSR count). The van der Waals surface area contributed by atoms with Crippen LogP contribution >= 0.6 is 0 Å². The van der Waals surface area contributed by atoms with E-state index in [9.17, 15) is 14.4 Å². The van der Waals surface area contributed by atoms with E-state index in [4.69, 9.17) is 14.2 Å². The average molecular weight is 1140 g/mol. The highest BCUT2D eigenvalue weighted by molar-refractivity contribution is 5.71. The van der Waals surface area contributed by atoms with E-state index in [-0.39, 0.29) is 31.1 Å². The molecular formula is C76H134O6. The highest BCUT2D eigenvalue weighted by Gasteiger charge is 2.19. The van der Waals surface area contributed by atoms with Gasteiger partial charge in [0.2, 0.25) is 0 Å². The van der Waals surface area contributed by atoms with Gasteiger partial charge in [0.1, 0.15) is 13.2 Å². The molecule has 1 atom stereocenters. The van der Waals surface area contributed by atoms with Crippen molar-refractivity contribution in [2.45, 2.75) is 367 Å². The zero-order valence-electron chi connectivity index (χ0n) is 54.5. The zero-order valence-corrected chi connectivity index (χ0v) is 54.5. The summed E-state index contributed by atoms with van der Waals surface area (Å²) < 4.78 is 16.9. The van der Waals surface area contributed by atoms with Crippen LogP contribution in [0.4, 0.5) is 0 Å². The van der Waals surface area contributed by atoms with Gasteiger partial charge >= 0.3 is 17.9 Å². The summed E-state index contributed by atoms with van der Waals surface area (Å²) in [6, 6.07) is 0. The Kier molecular flexibility index (Phi) is 67.2. The molecule has 82 heavy (non-hydrogen) atoms. The van der Waals surface area contributed by atoms with Gasteiger partial charge in [-0.25, -0.2) is 0 Å². The monoisotopic (exact) mass is 1140 g/mol. The van der Waals surface area contributed by atoms with Gasteiger partial charge < -0.3 is 14.2 Å². The highest BCUT2D eigenvalue weighted by Crippen LogP contribution is 2.18. The zero-order chi connectivity index (χ0) is 59.2. The Labute approximate surface area is 509 Å². The van der Waals surface area contributed by atoms with Crippen molar-refractivity contribution < 1.29 is 28.6 Å². The summed E-state index contributed by atoms with van der Waals surface area (Å²) >= 11 is 0. The predicted molar refractivity (Wildman–Crippen MR) is 358 cm³/mol. The Morgan fingerprint density at radius 2 is 0.476 bits per heavy atom. The summed E-state index contributed by atoms with van der Waals surface area (Å²) in [6.07, 6.45) is 93.5. The third-order valence-electron chi connectivity index (χ3n) is 15.6. The molecular weight excluding hydrogens is 1010 g/mol. The maximum atomic E-state index is 12.9. The molecule has 0 bridgehead atoms. The minimum Gasteiger partial charge on any atom is -0.462 e. The van der Waals surface area contributed by atoms with Crippen LogP contribution in [-0.2, 0) is 28.6 Å². The molecule has 1 unspecified atom stereocenters. The lowest BCUT2D eigenvalue weighted by Crippen LogP contribution is -2.30. The molecule has 0 aliphatic carbocycles. The molecule has 6 nitrogen and oxygen atoms in total. The minimum absolute atomic E-state index is 0.0732. The van der Waals surface area contributed by atoms with Gasteiger partial charge in [-0.2, -0.15) is 0 Å². The number of ether oxygens (including phenoxy) is 3. The van der Waals surface area contributed by atoms with E-state index in [0.29, 0.717) is 19.3 Å². The number of unbranched alkanes of at least 4 members (excludes halogenated alkanes) is 40. The van der Waals surface area contributed by atoms with Gasteiger partial charge in [-0.15, -0.1) is 0 Å². The predicted octanol–water partition coefficient (Wildman–Crippen LogP) is 24.6. The molecule has 0 heterocycles. The van der Waals surface area contributed by atoms with E-state index in [1.54, 1.807) is 0 Å². The van der Waals surface area contributed by atoms with Crippen molar-refractivity contribution >= 4 is 17.9 Å². The van der Waals surface area contributed by atoms with Gasteiger partial charge in [-0.1, -0.05) is 331 Å². The van der Waals surface area contributed by atoms with Crippen LogP contribution in [0.25, 0.3) is 0 Å². The fourth-order valence-corrected chi connectivity index (χ4v) is 10.3. The Morgan fingerprint density at radius 1 is 0.256 bits per heavy atom. The summed E-state index contributed by atoms with van der Waals surface area (Å²) in [4.78, 5) is 38.3. The molecule has 0 spiro atoms. The second-order valence-electron chi connectivity index (χ2n) is 23.8. The topological polar surface area (TPSA) is 78.9 Å². The first-order valence-electron chi connectivity index (χ1n) is 35.6. The molecule has 0 aromatic heterocycles. The van der Waals surface area contributed by atoms with Crippen LogP contribution in [0.2, 0.25) is 0 Å². The van der Waals surface area contributed by atoms with Crippen LogP contribution in [-0.4, -0.2) is 37.2 Å². The molecule has 6 heteroatoms. The summed E-state index contributed by atoms with van der Waals surface area (Å²) in [7, 11) is 0. The molecule has 0 aromatic carbocycles. The van der Waals surface area contributed by atoms with E-state index in [1.165, 1.54) is 225 Å². The quantitative estimate of drug-likeness (QED) is 0.0261. The molecule has 0 amide bonds. The summed E-state index contributed by atoms with van der Waals surface area (Å²) in [5.74, 6) is -0.863. The SMILES string of the molecule is CC/C=C\C/C=C\C/C=C\C/C=C\C/C=C\CCCCCCCCCCCCCC(=O)OC(COC(=O)CCCCCCCCCC)COC(=O)CCCCCCCCCCCCCCCCCCC/C=C\C/C=C\CCCCCCC. The van der Waals surface area contributed by atoms with E-state index in [2.05, 4.69) is 106 Å². The number of rotatable bonds is 65. The van der Waals surface area contributed by atoms with Crippen molar-refractivity contribution in [3.63, 3.8) is 0 Å². The fraction of sp³-hybridized carbons (Fsp3) is 0.776. The number of allylic oxidation sites excluding steroid dienone is 14. The Morgan fingerprint density at radius 3 is 0.744 bits per heavy atom. The lowest BCUT2D eigenvalue weighted by Gasteiger charge is -2.18. The van der Waals surface area contributed by atoms with Gasteiger partial charge in [-0.3, -0.25) is 14.4 Å². The van der Waals surface area contributed by atoms with Crippen LogP contribution in [0, 0.1) is 0 Å². The molecule has 0 radical (unpaired) electrons. The number of carbonyl (C=O) groups is 3. The van der Waals surface area contributed by atoms with Crippen molar-refractivity contribution in [3.8, 4) is 0 Å². The first kappa shape index (κ1) is 78.6. The van der Waals surface area contributed by atoms with E-state index in [1.807, 2.05) is 0 Å². The third-order valence-corrected chi connectivity index (χ3v) is 15.6. The number of hydrogen-bond acceptors (Lipinski definition) is 6.